The Morgan fingerprint density at radius 3 is 1.58 bits per heavy atom. The van der Waals surface area contributed by atoms with Crippen LogP contribution in [0.1, 0.15) is 108 Å². The number of nitrogens with one attached hydrogen (secondary N) is 4. The van der Waals surface area contributed by atoms with Crippen molar-refractivity contribution >= 4 is 46.0 Å². The van der Waals surface area contributed by atoms with Crippen molar-refractivity contribution in [2.75, 3.05) is 23.7 Å². The molecule has 0 spiro atoms. The van der Waals surface area contributed by atoms with Gasteiger partial charge in [0.25, 0.3) is 0 Å². The second kappa shape index (κ2) is 18.2. The number of para-hydroxylation sites is 2. The molecular weight excluding hydrogens is 505 g/mol. The zero-order valence-corrected chi connectivity index (χ0v) is 26.0. The quantitative estimate of drug-likeness (QED) is 0.123. The van der Waals surface area contributed by atoms with E-state index < -0.39 is 0 Å². The van der Waals surface area contributed by atoms with E-state index in [9.17, 15) is 0 Å². The van der Waals surface area contributed by atoms with Crippen molar-refractivity contribution in [3.05, 3.63) is 58.7 Å². The molecule has 0 saturated carbocycles. The first-order valence-electron chi connectivity index (χ1n) is 14.8. The fraction of sp³-hybridized carbons (Fsp3) is 0.562. The molecule has 2 rings (SSSR count). The van der Waals surface area contributed by atoms with Gasteiger partial charge in [-0.05, 0) is 97.6 Å². The minimum Gasteiger partial charge on any atom is -0.362 e. The highest BCUT2D eigenvalue weighted by Crippen LogP contribution is 2.31. The van der Waals surface area contributed by atoms with Crippen LogP contribution in [0.3, 0.4) is 0 Å². The molecule has 0 aliphatic carbocycles. The minimum absolute atomic E-state index is 0.503. The second-order valence-corrected chi connectivity index (χ2v) is 11.0. The second-order valence-electron chi connectivity index (χ2n) is 10.2. The van der Waals surface area contributed by atoms with E-state index in [-0.39, 0.29) is 0 Å². The summed E-state index contributed by atoms with van der Waals surface area (Å²) < 4.78 is 0. The number of aryl methyl sites for hydroxylation is 3. The molecule has 4 nitrogen and oxygen atoms in total. The van der Waals surface area contributed by atoms with Gasteiger partial charge >= 0.3 is 0 Å². The summed E-state index contributed by atoms with van der Waals surface area (Å²) in [5.74, 6) is 0.503. The SMILES string of the molecule is CCCc1cccc(CCC)c1NC(=S)NCCCCCNC(=S)Nc1c(CCC)cccc1C(C)CC. The summed E-state index contributed by atoms with van der Waals surface area (Å²) in [6, 6.07) is 13.2. The standard InChI is InChI=1S/C32H50N4S2/c1-6-15-25-18-13-19-26(16-7-2)29(25)35-31(37)33-22-11-10-12-23-34-32(38)36-30-27(17-8-3)20-14-21-28(30)24(5)9-4/h13-14,18-21,24H,6-12,15-17,22-23H2,1-5H3,(H2,33,35,37)(H2,34,36,38). The van der Waals surface area contributed by atoms with Gasteiger partial charge in [-0.1, -0.05) is 90.3 Å². The summed E-state index contributed by atoms with van der Waals surface area (Å²) in [7, 11) is 0. The smallest absolute Gasteiger partial charge is 0.170 e. The Hall–Kier alpha value is -2.18. The first kappa shape index (κ1) is 32.0. The Bertz CT molecular complexity index is 981. The summed E-state index contributed by atoms with van der Waals surface area (Å²) in [4.78, 5) is 0. The molecule has 210 valence electrons. The molecule has 0 fully saturated rings. The average Bonchev–Trinajstić information content (AvgIpc) is 2.90. The van der Waals surface area contributed by atoms with Gasteiger partial charge in [0, 0.05) is 24.5 Å². The zero-order valence-electron chi connectivity index (χ0n) is 24.3. The fourth-order valence-corrected chi connectivity index (χ4v) is 5.20. The van der Waals surface area contributed by atoms with Gasteiger partial charge in [0.2, 0.25) is 0 Å². The molecule has 0 aromatic heterocycles. The van der Waals surface area contributed by atoms with Crippen molar-refractivity contribution in [3.8, 4) is 0 Å². The van der Waals surface area contributed by atoms with Crippen LogP contribution >= 0.6 is 24.4 Å². The van der Waals surface area contributed by atoms with Gasteiger partial charge in [-0.2, -0.15) is 0 Å². The Balaban J connectivity index is 1.74. The topological polar surface area (TPSA) is 48.1 Å². The van der Waals surface area contributed by atoms with E-state index in [4.69, 9.17) is 24.4 Å². The first-order valence-corrected chi connectivity index (χ1v) is 15.6. The number of hydrogen-bond donors (Lipinski definition) is 4. The third-order valence-corrected chi connectivity index (χ3v) is 7.52. The van der Waals surface area contributed by atoms with Crippen molar-refractivity contribution in [2.24, 2.45) is 0 Å². The molecule has 6 heteroatoms. The van der Waals surface area contributed by atoms with Crippen LogP contribution in [0.25, 0.3) is 0 Å². The number of benzene rings is 2. The highest BCUT2D eigenvalue weighted by Gasteiger charge is 2.14. The first-order chi connectivity index (χ1) is 18.4. The molecule has 0 heterocycles. The molecule has 0 amide bonds. The van der Waals surface area contributed by atoms with Crippen molar-refractivity contribution in [1.29, 1.82) is 0 Å². The van der Waals surface area contributed by atoms with E-state index in [1.807, 2.05) is 0 Å². The Morgan fingerprint density at radius 1 is 0.658 bits per heavy atom. The van der Waals surface area contributed by atoms with Crippen molar-refractivity contribution in [2.45, 2.75) is 105 Å². The van der Waals surface area contributed by atoms with E-state index in [0.29, 0.717) is 5.92 Å². The van der Waals surface area contributed by atoms with Gasteiger partial charge in [0.1, 0.15) is 0 Å². The Morgan fingerprint density at radius 2 is 1.11 bits per heavy atom. The van der Waals surface area contributed by atoms with Crippen molar-refractivity contribution < 1.29 is 0 Å². The molecule has 1 unspecified atom stereocenters. The van der Waals surface area contributed by atoms with E-state index in [1.54, 1.807) is 0 Å². The third-order valence-electron chi connectivity index (χ3n) is 7.02. The van der Waals surface area contributed by atoms with Gasteiger partial charge in [-0.25, -0.2) is 0 Å². The van der Waals surface area contributed by atoms with E-state index >= 15 is 0 Å². The lowest BCUT2D eigenvalue weighted by Gasteiger charge is -2.21. The third kappa shape index (κ3) is 10.5. The summed E-state index contributed by atoms with van der Waals surface area (Å²) in [5, 5.41) is 15.3. The van der Waals surface area contributed by atoms with Gasteiger partial charge in [0.15, 0.2) is 10.2 Å². The number of rotatable bonds is 16. The molecule has 38 heavy (non-hydrogen) atoms. The van der Waals surface area contributed by atoms with Crippen molar-refractivity contribution in [3.63, 3.8) is 0 Å². The maximum Gasteiger partial charge on any atom is 0.170 e. The lowest BCUT2D eigenvalue weighted by atomic mass is 9.93. The van der Waals surface area contributed by atoms with Crippen LogP contribution in [0.5, 0.6) is 0 Å². The highest BCUT2D eigenvalue weighted by molar-refractivity contribution is 7.80. The molecule has 0 bridgehead atoms. The molecular formula is C32H50N4S2. The van der Waals surface area contributed by atoms with Crippen molar-refractivity contribution in [1.82, 2.24) is 10.6 Å². The molecule has 0 aliphatic heterocycles. The lowest BCUT2D eigenvalue weighted by Crippen LogP contribution is -2.31. The van der Waals surface area contributed by atoms with Crippen LogP contribution in [0, 0.1) is 0 Å². The van der Waals surface area contributed by atoms with E-state index in [0.717, 1.165) is 87.5 Å². The van der Waals surface area contributed by atoms with E-state index in [1.165, 1.54) is 33.6 Å². The number of unbranched alkanes of at least 4 members (excludes halogenated alkanes) is 2. The number of anilines is 2. The summed E-state index contributed by atoms with van der Waals surface area (Å²) in [5.41, 5.74) is 7.82. The van der Waals surface area contributed by atoms with Gasteiger partial charge < -0.3 is 21.3 Å². The highest BCUT2D eigenvalue weighted by atomic mass is 32.1. The largest absolute Gasteiger partial charge is 0.362 e. The van der Waals surface area contributed by atoms with Gasteiger partial charge in [-0.15, -0.1) is 0 Å². The minimum atomic E-state index is 0.503. The normalized spacial score (nSPS) is 11.6. The molecule has 2 aromatic carbocycles. The predicted octanol–water partition coefficient (Wildman–Crippen LogP) is 8.50. The van der Waals surface area contributed by atoms with E-state index in [2.05, 4.69) is 92.3 Å². The summed E-state index contributed by atoms with van der Waals surface area (Å²) in [6.45, 7) is 12.9. The Labute approximate surface area is 243 Å². The number of hydrogen-bond acceptors (Lipinski definition) is 2. The van der Waals surface area contributed by atoms with Crippen LogP contribution in [0.2, 0.25) is 0 Å². The maximum absolute atomic E-state index is 5.66. The molecule has 0 saturated heterocycles. The fourth-order valence-electron chi connectivity index (χ4n) is 4.80. The monoisotopic (exact) mass is 554 g/mol. The van der Waals surface area contributed by atoms with Gasteiger partial charge in [-0.3, -0.25) is 0 Å². The van der Waals surface area contributed by atoms with Crippen LogP contribution in [0.4, 0.5) is 11.4 Å². The molecule has 0 aliphatic rings. The molecule has 4 N–H and O–H groups in total. The predicted molar refractivity (Wildman–Crippen MR) is 176 cm³/mol. The van der Waals surface area contributed by atoms with Crippen LogP contribution in [0.15, 0.2) is 36.4 Å². The van der Waals surface area contributed by atoms with Crippen LogP contribution < -0.4 is 21.3 Å². The molecule has 0 radical (unpaired) electrons. The Kier molecular flexibility index (Phi) is 15.3. The number of thiocarbonyl (C=S) groups is 2. The summed E-state index contributed by atoms with van der Waals surface area (Å²) >= 11 is 11.3. The molecule has 2 aromatic rings. The maximum atomic E-state index is 5.66. The van der Waals surface area contributed by atoms with Gasteiger partial charge in [0.05, 0.1) is 0 Å². The van der Waals surface area contributed by atoms with Crippen LogP contribution in [-0.2, 0) is 19.3 Å². The average molecular weight is 555 g/mol. The van der Waals surface area contributed by atoms with Crippen LogP contribution in [-0.4, -0.2) is 23.3 Å². The zero-order chi connectivity index (χ0) is 27.8. The summed E-state index contributed by atoms with van der Waals surface area (Å²) in [6.07, 6.45) is 10.9. The molecule has 1 atom stereocenters. The lowest BCUT2D eigenvalue weighted by molar-refractivity contribution is 0.654.